The summed E-state index contributed by atoms with van der Waals surface area (Å²) < 4.78 is 1.76. The molecule has 0 aliphatic carbocycles. The van der Waals surface area contributed by atoms with Gasteiger partial charge in [-0.05, 0) is 13.8 Å². The number of carbonyl (C=O) groups excluding carboxylic acids is 1. The number of anilines is 1. The second-order valence-corrected chi connectivity index (χ2v) is 5.74. The smallest absolute Gasteiger partial charge is 0.276 e. The van der Waals surface area contributed by atoms with E-state index < -0.39 is 0 Å². The van der Waals surface area contributed by atoms with Gasteiger partial charge >= 0.3 is 0 Å². The number of nitrogens with zero attached hydrogens (tertiary/aromatic N) is 4. The molecule has 7 heteroatoms. The number of aromatic nitrogens is 4. The number of halogens is 1. The maximum atomic E-state index is 12.3. The molecule has 1 amide bonds. The lowest BCUT2D eigenvalue weighted by molar-refractivity contribution is 0.102. The number of hydrogen-bond donors (Lipinski definition) is 1. The molecule has 0 aliphatic heterocycles. The van der Waals surface area contributed by atoms with E-state index in [9.17, 15) is 4.79 Å². The van der Waals surface area contributed by atoms with Gasteiger partial charge in [0.2, 0.25) is 0 Å². The fraction of sp³-hybridized carbons (Fsp3) is 0.429. The molecule has 0 saturated carbocycles. The Hall–Kier alpha value is -1.95. The zero-order chi connectivity index (χ0) is 15.6. The number of carbonyl (C=O) groups is 1. The highest BCUT2D eigenvalue weighted by molar-refractivity contribution is 6.33. The predicted octanol–water partition coefficient (Wildman–Crippen LogP) is 3.28. The van der Waals surface area contributed by atoms with Crippen LogP contribution in [0.3, 0.4) is 0 Å². The van der Waals surface area contributed by atoms with Crippen LogP contribution in [0.5, 0.6) is 0 Å². The standard InChI is InChI=1S/C14H18ClN5O/c1-8(2)13-16-6-11(15)12(19-13)14(21)18-10-5-17-20(7-10)9(3)4/h5-9H,1-4H3,(H,18,21). The molecule has 0 radical (unpaired) electrons. The van der Waals surface area contributed by atoms with Crippen LogP contribution in [0.1, 0.15) is 56.0 Å². The van der Waals surface area contributed by atoms with E-state index in [0.29, 0.717) is 11.5 Å². The van der Waals surface area contributed by atoms with Crippen LogP contribution in [0.2, 0.25) is 5.02 Å². The highest BCUT2D eigenvalue weighted by atomic mass is 35.5. The summed E-state index contributed by atoms with van der Waals surface area (Å²) in [5.74, 6) is 0.340. The van der Waals surface area contributed by atoms with Crippen LogP contribution in [-0.2, 0) is 0 Å². The molecule has 6 nitrogen and oxygen atoms in total. The summed E-state index contributed by atoms with van der Waals surface area (Å²) in [6.45, 7) is 7.93. The van der Waals surface area contributed by atoms with E-state index in [-0.39, 0.29) is 28.6 Å². The second-order valence-electron chi connectivity index (χ2n) is 5.34. The second kappa shape index (κ2) is 6.22. The average Bonchev–Trinajstić information content (AvgIpc) is 2.87. The minimum Gasteiger partial charge on any atom is -0.318 e. The number of rotatable bonds is 4. The van der Waals surface area contributed by atoms with Crippen LogP contribution in [0, 0.1) is 0 Å². The molecule has 0 aromatic carbocycles. The van der Waals surface area contributed by atoms with Gasteiger partial charge in [0, 0.05) is 18.2 Å². The molecule has 1 N–H and O–H groups in total. The van der Waals surface area contributed by atoms with Crippen LogP contribution in [0.15, 0.2) is 18.6 Å². The first-order valence-electron chi connectivity index (χ1n) is 6.76. The van der Waals surface area contributed by atoms with Gasteiger partial charge in [-0.25, -0.2) is 9.97 Å². The van der Waals surface area contributed by atoms with Crippen LogP contribution >= 0.6 is 11.6 Å². The monoisotopic (exact) mass is 307 g/mol. The SMILES string of the molecule is CC(C)c1ncc(Cl)c(C(=O)Nc2cnn(C(C)C)c2)n1. The van der Waals surface area contributed by atoms with Crippen molar-refractivity contribution in [3.8, 4) is 0 Å². The molecule has 0 spiro atoms. The molecule has 21 heavy (non-hydrogen) atoms. The van der Waals surface area contributed by atoms with Gasteiger partial charge in [0.1, 0.15) is 5.82 Å². The molecule has 2 aromatic heterocycles. The minimum atomic E-state index is -0.368. The zero-order valence-corrected chi connectivity index (χ0v) is 13.2. The van der Waals surface area contributed by atoms with E-state index in [2.05, 4.69) is 20.4 Å². The van der Waals surface area contributed by atoms with Crippen molar-refractivity contribution in [1.82, 2.24) is 19.7 Å². The van der Waals surface area contributed by atoms with Crippen molar-refractivity contribution in [1.29, 1.82) is 0 Å². The topological polar surface area (TPSA) is 72.7 Å². The average molecular weight is 308 g/mol. The third kappa shape index (κ3) is 3.58. The van der Waals surface area contributed by atoms with E-state index in [1.54, 1.807) is 17.1 Å². The van der Waals surface area contributed by atoms with E-state index >= 15 is 0 Å². The van der Waals surface area contributed by atoms with Crippen molar-refractivity contribution in [3.63, 3.8) is 0 Å². The van der Waals surface area contributed by atoms with Crippen molar-refractivity contribution in [2.75, 3.05) is 5.32 Å². The first-order chi connectivity index (χ1) is 9.88. The van der Waals surface area contributed by atoms with E-state index in [1.807, 2.05) is 27.7 Å². The third-order valence-corrected chi connectivity index (χ3v) is 3.16. The summed E-state index contributed by atoms with van der Waals surface area (Å²) in [5, 5.41) is 7.14. The molecule has 2 aromatic rings. The molecule has 0 atom stereocenters. The highest BCUT2D eigenvalue weighted by Crippen LogP contribution is 2.18. The Bertz CT molecular complexity index is 651. The fourth-order valence-electron chi connectivity index (χ4n) is 1.69. The predicted molar refractivity (Wildman–Crippen MR) is 81.7 cm³/mol. The van der Waals surface area contributed by atoms with Gasteiger partial charge in [-0.2, -0.15) is 5.10 Å². The Morgan fingerprint density at radius 3 is 2.57 bits per heavy atom. The Morgan fingerprint density at radius 2 is 2.00 bits per heavy atom. The molecule has 0 aliphatic rings. The summed E-state index contributed by atoms with van der Waals surface area (Å²) in [6.07, 6.45) is 4.81. The van der Waals surface area contributed by atoms with Gasteiger partial charge in [-0.15, -0.1) is 0 Å². The number of amides is 1. The van der Waals surface area contributed by atoms with E-state index in [1.165, 1.54) is 6.20 Å². The largest absolute Gasteiger partial charge is 0.318 e. The minimum absolute atomic E-state index is 0.123. The van der Waals surface area contributed by atoms with Crippen LogP contribution in [0.4, 0.5) is 5.69 Å². The summed E-state index contributed by atoms with van der Waals surface area (Å²) in [7, 11) is 0. The van der Waals surface area contributed by atoms with Crippen molar-refractivity contribution >= 4 is 23.2 Å². The molecular formula is C14H18ClN5O. The van der Waals surface area contributed by atoms with Crippen molar-refractivity contribution in [2.24, 2.45) is 0 Å². The Kier molecular flexibility index (Phi) is 4.57. The van der Waals surface area contributed by atoms with Gasteiger partial charge in [0.05, 0.1) is 23.1 Å². The first-order valence-corrected chi connectivity index (χ1v) is 7.14. The van der Waals surface area contributed by atoms with Crippen LogP contribution in [-0.4, -0.2) is 25.7 Å². The van der Waals surface area contributed by atoms with Crippen molar-refractivity contribution < 1.29 is 4.79 Å². The quantitative estimate of drug-likeness (QED) is 0.940. The summed E-state index contributed by atoms with van der Waals surface area (Å²) in [5.41, 5.74) is 0.780. The molecule has 0 bridgehead atoms. The molecule has 0 fully saturated rings. The van der Waals surface area contributed by atoms with Crippen molar-refractivity contribution in [3.05, 3.63) is 35.1 Å². The highest BCUT2D eigenvalue weighted by Gasteiger charge is 2.16. The maximum absolute atomic E-state index is 12.3. The van der Waals surface area contributed by atoms with Crippen LogP contribution in [0.25, 0.3) is 0 Å². The molecule has 0 unspecified atom stereocenters. The Labute approximate surface area is 128 Å². The molecule has 2 heterocycles. The lowest BCUT2D eigenvalue weighted by Gasteiger charge is -2.08. The lowest BCUT2D eigenvalue weighted by atomic mass is 10.2. The van der Waals surface area contributed by atoms with Gasteiger partial charge < -0.3 is 5.32 Å². The summed E-state index contributed by atoms with van der Waals surface area (Å²) >= 11 is 6.01. The van der Waals surface area contributed by atoms with Gasteiger partial charge in [0.15, 0.2) is 5.69 Å². The van der Waals surface area contributed by atoms with Gasteiger partial charge in [-0.1, -0.05) is 25.4 Å². The molecule has 0 saturated heterocycles. The maximum Gasteiger partial charge on any atom is 0.276 e. The molecule has 112 valence electrons. The van der Waals surface area contributed by atoms with Gasteiger partial charge in [-0.3, -0.25) is 9.48 Å². The summed E-state index contributed by atoms with van der Waals surface area (Å²) in [4.78, 5) is 20.6. The van der Waals surface area contributed by atoms with Crippen molar-refractivity contribution in [2.45, 2.75) is 39.7 Å². The summed E-state index contributed by atoms with van der Waals surface area (Å²) in [6, 6.07) is 0.228. The van der Waals surface area contributed by atoms with E-state index in [4.69, 9.17) is 11.6 Å². The Morgan fingerprint density at radius 1 is 1.29 bits per heavy atom. The lowest BCUT2D eigenvalue weighted by Crippen LogP contribution is -2.16. The molecule has 2 rings (SSSR count). The van der Waals surface area contributed by atoms with E-state index in [0.717, 1.165) is 0 Å². The first kappa shape index (κ1) is 15.4. The normalized spacial score (nSPS) is 11.2. The van der Waals surface area contributed by atoms with Gasteiger partial charge in [0.25, 0.3) is 5.91 Å². The number of hydrogen-bond acceptors (Lipinski definition) is 4. The number of nitrogens with one attached hydrogen (secondary N) is 1. The zero-order valence-electron chi connectivity index (χ0n) is 12.5. The van der Waals surface area contributed by atoms with Crippen LogP contribution < -0.4 is 5.32 Å². The molecular weight excluding hydrogens is 290 g/mol. The third-order valence-electron chi connectivity index (χ3n) is 2.88. The Balaban J connectivity index is 2.21. The fourth-order valence-corrected chi connectivity index (χ4v) is 1.87.